The van der Waals surface area contributed by atoms with Crippen LogP contribution in [0.25, 0.3) is 0 Å². The minimum Gasteiger partial charge on any atom is -0.392 e. The molecule has 86 valence electrons. The number of aliphatic hydroxyl groups excluding tert-OH is 1. The van der Waals surface area contributed by atoms with Crippen molar-refractivity contribution >= 4 is 5.78 Å². The van der Waals surface area contributed by atoms with Gasteiger partial charge in [-0.2, -0.15) is 0 Å². The summed E-state index contributed by atoms with van der Waals surface area (Å²) in [6.45, 7) is 4.46. The molecule has 1 spiro atoms. The Morgan fingerprint density at radius 2 is 2.13 bits per heavy atom. The number of ketones is 1. The van der Waals surface area contributed by atoms with Crippen LogP contribution in [0.2, 0.25) is 0 Å². The molecule has 0 saturated heterocycles. The lowest BCUT2D eigenvalue weighted by atomic mass is 9.64. The Labute approximate surface area is 92.1 Å². The highest BCUT2D eigenvalue weighted by atomic mass is 16.3. The third-order valence-corrected chi connectivity index (χ3v) is 4.61. The van der Waals surface area contributed by atoms with Crippen LogP contribution in [0.1, 0.15) is 52.4 Å². The molecular weight excluding hydrogens is 188 g/mol. The Kier molecular flexibility index (Phi) is 2.89. The lowest BCUT2D eigenvalue weighted by molar-refractivity contribution is -0.139. The molecule has 0 amide bonds. The van der Waals surface area contributed by atoms with Crippen LogP contribution < -0.4 is 0 Å². The van der Waals surface area contributed by atoms with Gasteiger partial charge in [-0.1, -0.05) is 13.8 Å². The van der Waals surface area contributed by atoms with Crippen molar-refractivity contribution in [3.05, 3.63) is 0 Å². The molecule has 3 atom stereocenters. The van der Waals surface area contributed by atoms with Crippen LogP contribution in [-0.2, 0) is 4.79 Å². The molecule has 2 aliphatic carbocycles. The minimum absolute atomic E-state index is 0.337. The Morgan fingerprint density at radius 3 is 2.67 bits per heavy atom. The van der Waals surface area contributed by atoms with Gasteiger partial charge < -0.3 is 5.11 Å². The Balaban J connectivity index is 2.18. The summed E-state index contributed by atoms with van der Waals surface area (Å²) in [6, 6.07) is 0. The summed E-state index contributed by atoms with van der Waals surface area (Å²) in [5.41, 5.74) is -0.340. The predicted octanol–water partition coefficient (Wildman–Crippen LogP) is 2.54. The first-order valence-electron chi connectivity index (χ1n) is 6.27. The van der Waals surface area contributed by atoms with E-state index in [1.54, 1.807) is 0 Å². The normalized spacial score (nSPS) is 41.7. The SMILES string of the molecule is CC(C)[C@@H]1CCC(=O)[C@]2(CCC[C@H]2O)C1. The van der Waals surface area contributed by atoms with E-state index >= 15 is 0 Å². The number of Topliss-reactive ketones (excluding diaryl/α,β-unsaturated/α-hetero) is 1. The zero-order valence-corrected chi connectivity index (χ0v) is 9.83. The first-order chi connectivity index (χ1) is 7.06. The van der Waals surface area contributed by atoms with Gasteiger partial charge in [0.15, 0.2) is 0 Å². The molecule has 2 heteroatoms. The molecule has 2 fully saturated rings. The summed E-state index contributed by atoms with van der Waals surface area (Å²) >= 11 is 0. The second-order valence-corrected chi connectivity index (χ2v) is 5.73. The second-order valence-electron chi connectivity index (χ2n) is 5.73. The van der Waals surface area contributed by atoms with E-state index in [0.29, 0.717) is 24.0 Å². The van der Waals surface area contributed by atoms with Crippen molar-refractivity contribution in [3.8, 4) is 0 Å². The van der Waals surface area contributed by atoms with Crippen molar-refractivity contribution in [2.45, 2.75) is 58.5 Å². The van der Waals surface area contributed by atoms with E-state index in [0.717, 1.165) is 32.1 Å². The first kappa shape index (κ1) is 11.1. The topological polar surface area (TPSA) is 37.3 Å². The minimum atomic E-state index is -0.355. The van der Waals surface area contributed by atoms with Crippen molar-refractivity contribution < 1.29 is 9.90 Å². The molecule has 2 nitrogen and oxygen atoms in total. The summed E-state index contributed by atoms with van der Waals surface area (Å²) < 4.78 is 0. The third-order valence-electron chi connectivity index (χ3n) is 4.61. The summed E-state index contributed by atoms with van der Waals surface area (Å²) in [5, 5.41) is 10.1. The maximum Gasteiger partial charge on any atom is 0.141 e. The lowest BCUT2D eigenvalue weighted by Gasteiger charge is -2.40. The molecule has 0 aromatic carbocycles. The average Bonchev–Trinajstić information content (AvgIpc) is 2.54. The average molecular weight is 210 g/mol. The van der Waals surface area contributed by atoms with E-state index in [-0.39, 0.29) is 11.5 Å². The Bertz CT molecular complexity index is 259. The number of aliphatic hydroxyl groups is 1. The zero-order valence-electron chi connectivity index (χ0n) is 9.83. The number of carbonyl (C=O) groups is 1. The smallest absolute Gasteiger partial charge is 0.141 e. The van der Waals surface area contributed by atoms with E-state index in [1.807, 2.05) is 0 Å². The first-order valence-corrected chi connectivity index (χ1v) is 6.27. The second kappa shape index (κ2) is 3.89. The number of carbonyl (C=O) groups excluding carboxylic acids is 1. The maximum absolute atomic E-state index is 12.0. The molecule has 1 N–H and O–H groups in total. The lowest BCUT2D eigenvalue weighted by Crippen LogP contribution is -2.44. The van der Waals surface area contributed by atoms with Crippen molar-refractivity contribution in [3.63, 3.8) is 0 Å². The van der Waals surface area contributed by atoms with Gasteiger partial charge >= 0.3 is 0 Å². The van der Waals surface area contributed by atoms with Gasteiger partial charge in [0.2, 0.25) is 0 Å². The molecule has 0 unspecified atom stereocenters. The van der Waals surface area contributed by atoms with Gasteiger partial charge in [-0.05, 0) is 43.9 Å². The molecule has 0 radical (unpaired) electrons. The maximum atomic E-state index is 12.0. The van der Waals surface area contributed by atoms with Crippen LogP contribution in [0.4, 0.5) is 0 Å². The number of rotatable bonds is 1. The molecule has 2 rings (SSSR count). The van der Waals surface area contributed by atoms with Gasteiger partial charge in [-0.15, -0.1) is 0 Å². The van der Waals surface area contributed by atoms with Gasteiger partial charge in [-0.3, -0.25) is 4.79 Å². The van der Waals surface area contributed by atoms with Crippen LogP contribution in [0.5, 0.6) is 0 Å². The monoisotopic (exact) mass is 210 g/mol. The van der Waals surface area contributed by atoms with Gasteiger partial charge in [0.25, 0.3) is 0 Å². The van der Waals surface area contributed by atoms with Crippen molar-refractivity contribution in [1.29, 1.82) is 0 Å². The van der Waals surface area contributed by atoms with E-state index in [9.17, 15) is 9.90 Å². The number of hydrogen-bond acceptors (Lipinski definition) is 2. The summed E-state index contributed by atoms with van der Waals surface area (Å²) in [4.78, 5) is 12.0. The quantitative estimate of drug-likeness (QED) is 0.722. The highest BCUT2D eigenvalue weighted by Gasteiger charge is 2.51. The molecule has 2 saturated carbocycles. The molecular formula is C13H22O2. The molecule has 0 aromatic rings. The number of hydrogen-bond donors (Lipinski definition) is 1. The Hall–Kier alpha value is -0.370. The van der Waals surface area contributed by atoms with E-state index < -0.39 is 0 Å². The van der Waals surface area contributed by atoms with Crippen molar-refractivity contribution in [1.82, 2.24) is 0 Å². The molecule has 0 aromatic heterocycles. The van der Waals surface area contributed by atoms with Crippen LogP contribution in [0.3, 0.4) is 0 Å². The molecule has 2 aliphatic rings. The van der Waals surface area contributed by atoms with Crippen LogP contribution in [-0.4, -0.2) is 17.0 Å². The van der Waals surface area contributed by atoms with Gasteiger partial charge in [0.1, 0.15) is 5.78 Å². The molecule has 0 aliphatic heterocycles. The molecule has 15 heavy (non-hydrogen) atoms. The predicted molar refractivity (Wildman–Crippen MR) is 59.5 cm³/mol. The molecule has 0 bridgehead atoms. The highest BCUT2D eigenvalue weighted by molar-refractivity contribution is 5.86. The van der Waals surface area contributed by atoms with Crippen LogP contribution in [0, 0.1) is 17.3 Å². The van der Waals surface area contributed by atoms with E-state index in [4.69, 9.17) is 0 Å². The Morgan fingerprint density at radius 1 is 1.40 bits per heavy atom. The van der Waals surface area contributed by atoms with Gasteiger partial charge in [0, 0.05) is 6.42 Å². The molecule has 0 heterocycles. The van der Waals surface area contributed by atoms with Crippen LogP contribution >= 0.6 is 0 Å². The zero-order chi connectivity index (χ0) is 11.1. The fourth-order valence-electron chi connectivity index (χ4n) is 3.44. The fourth-order valence-corrected chi connectivity index (χ4v) is 3.44. The third kappa shape index (κ3) is 1.73. The van der Waals surface area contributed by atoms with Gasteiger partial charge in [-0.25, -0.2) is 0 Å². The van der Waals surface area contributed by atoms with E-state index in [2.05, 4.69) is 13.8 Å². The largest absolute Gasteiger partial charge is 0.392 e. The van der Waals surface area contributed by atoms with Gasteiger partial charge in [0.05, 0.1) is 11.5 Å². The van der Waals surface area contributed by atoms with E-state index in [1.165, 1.54) is 0 Å². The summed E-state index contributed by atoms with van der Waals surface area (Å²) in [6.07, 6.45) is 5.09. The highest BCUT2D eigenvalue weighted by Crippen LogP contribution is 2.50. The summed E-state index contributed by atoms with van der Waals surface area (Å²) in [7, 11) is 0. The van der Waals surface area contributed by atoms with Crippen molar-refractivity contribution in [2.75, 3.05) is 0 Å². The van der Waals surface area contributed by atoms with Crippen LogP contribution in [0.15, 0.2) is 0 Å². The standard InChI is InChI=1S/C13H22O2/c1-9(2)10-5-6-12(15)13(8-10)7-3-4-11(13)14/h9-11,14H,3-8H2,1-2H3/t10-,11-,13-/m1/s1. The fraction of sp³-hybridized carbons (Fsp3) is 0.923. The summed E-state index contributed by atoms with van der Waals surface area (Å²) in [5.74, 6) is 1.61. The van der Waals surface area contributed by atoms with Crippen molar-refractivity contribution in [2.24, 2.45) is 17.3 Å².